The van der Waals surface area contributed by atoms with Gasteiger partial charge in [-0.05, 0) is 19.8 Å². The lowest BCUT2D eigenvalue weighted by Crippen LogP contribution is -2.38. The van der Waals surface area contributed by atoms with E-state index in [1.54, 1.807) is 6.92 Å². The number of hydrogen-bond acceptors (Lipinski definition) is 3. The first-order valence-corrected chi connectivity index (χ1v) is 7.03. The van der Waals surface area contributed by atoms with E-state index in [1.807, 2.05) is 0 Å². The number of hydrogen-bond donors (Lipinski definition) is 1. The average Bonchev–Trinajstić information content (AvgIpc) is 2.66. The molecular formula is C9H14ClN3O2S. The van der Waals surface area contributed by atoms with Crippen molar-refractivity contribution in [3.63, 3.8) is 0 Å². The molecule has 1 fully saturated rings. The van der Waals surface area contributed by atoms with Crippen LogP contribution in [0.5, 0.6) is 0 Å². The van der Waals surface area contributed by atoms with E-state index >= 15 is 0 Å². The van der Waals surface area contributed by atoms with Gasteiger partial charge in [0.05, 0.1) is 6.20 Å². The summed E-state index contributed by atoms with van der Waals surface area (Å²) in [5.41, 5.74) is 0. The highest BCUT2D eigenvalue weighted by atomic mass is 35.5. The van der Waals surface area contributed by atoms with Crippen LogP contribution in [0.4, 0.5) is 0 Å². The van der Waals surface area contributed by atoms with Gasteiger partial charge in [0.25, 0.3) is 10.0 Å². The molecule has 2 rings (SSSR count). The van der Waals surface area contributed by atoms with E-state index < -0.39 is 10.0 Å². The van der Waals surface area contributed by atoms with Crippen LogP contribution in [-0.4, -0.2) is 41.2 Å². The summed E-state index contributed by atoms with van der Waals surface area (Å²) in [6.45, 7) is 2.69. The Bertz CT molecular complexity index is 463. The SMILES string of the molecule is Cc1ncc(S(=O)(=O)N2CCC(Cl)CC2)[nH]1. The van der Waals surface area contributed by atoms with Gasteiger partial charge in [0.15, 0.2) is 5.03 Å². The normalized spacial score (nSPS) is 20.1. The standard InChI is InChI=1S/C9H14ClN3O2S/c1-7-11-6-9(12-7)16(14,15)13-4-2-8(10)3-5-13/h6,8H,2-5H2,1H3,(H,11,12). The van der Waals surface area contributed by atoms with E-state index in [-0.39, 0.29) is 10.4 Å². The van der Waals surface area contributed by atoms with Crippen molar-refractivity contribution in [3.05, 3.63) is 12.0 Å². The van der Waals surface area contributed by atoms with Crippen molar-refractivity contribution >= 4 is 21.6 Å². The van der Waals surface area contributed by atoms with E-state index in [2.05, 4.69) is 9.97 Å². The lowest BCUT2D eigenvalue weighted by molar-refractivity contribution is 0.349. The predicted molar refractivity (Wildman–Crippen MR) is 61.0 cm³/mol. The Hall–Kier alpha value is -0.590. The van der Waals surface area contributed by atoms with E-state index in [0.717, 1.165) is 0 Å². The molecule has 1 saturated heterocycles. The summed E-state index contributed by atoms with van der Waals surface area (Å²) in [4.78, 5) is 6.66. The third-order valence-corrected chi connectivity index (χ3v) is 4.93. The zero-order valence-corrected chi connectivity index (χ0v) is 10.6. The molecule has 0 spiro atoms. The molecule has 0 radical (unpaired) electrons. The molecule has 1 N–H and O–H groups in total. The third-order valence-electron chi connectivity index (χ3n) is 2.68. The summed E-state index contributed by atoms with van der Waals surface area (Å²) in [6.07, 6.45) is 2.76. The Labute approximate surface area is 99.9 Å². The molecule has 0 unspecified atom stereocenters. The monoisotopic (exact) mass is 263 g/mol. The van der Waals surface area contributed by atoms with E-state index in [1.165, 1.54) is 10.5 Å². The van der Waals surface area contributed by atoms with E-state index in [0.29, 0.717) is 31.8 Å². The maximum absolute atomic E-state index is 12.1. The van der Waals surface area contributed by atoms with Crippen molar-refractivity contribution in [1.82, 2.24) is 14.3 Å². The maximum atomic E-state index is 12.1. The van der Waals surface area contributed by atoms with Gasteiger partial charge in [-0.15, -0.1) is 11.6 Å². The van der Waals surface area contributed by atoms with Crippen molar-refractivity contribution in [2.24, 2.45) is 0 Å². The molecule has 2 heterocycles. The second-order valence-electron chi connectivity index (χ2n) is 3.91. The van der Waals surface area contributed by atoms with Crippen LogP contribution in [0.2, 0.25) is 0 Å². The quantitative estimate of drug-likeness (QED) is 0.813. The number of nitrogens with one attached hydrogen (secondary N) is 1. The van der Waals surface area contributed by atoms with Crippen molar-refractivity contribution in [3.8, 4) is 0 Å². The zero-order valence-electron chi connectivity index (χ0n) is 8.98. The average molecular weight is 264 g/mol. The number of aromatic nitrogens is 2. The van der Waals surface area contributed by atoms with Crippen LogP contribution in [0, 0.1) is 6.92 Å². The number of alkyl halides is 1. The number of halogens is 1. The molecule has 90 valence electrons. The Morgan fingerprint density at radius 1 is 1.50 bits per heavy atom. The molecule has 5 nitrogen and oxygen atoms in total. The summed E-state index contributed by atoms with van der Waals surface area (Å²) in [6, 6.07) is 0. The molecule has 7 heteroatoms. The van der Waals surface area contributed by atoms with Gasteiger partial charge < -0.3 is 4.98 Å². The van der Waals surface area contributed by atoms with Crippen LogP contribution in [0.3, 0.4) is 0 Å². The minimum Gasteiger partial charge on any atom is -0.332 e. The van der Waals surface area contributed by atoms with Crippen LogP contribution < -0.4 is 0 Å². The molecule has 0 aliphatic carbocycles. The molecule has 1 aromatic rings. The first-order valence-electron chi connectivity index (χ1n) is 5.16. The van der Waals surface area contributed by atoms with Crippen LogP contribution in [-0.2, 0) is 10.0 Å². The number of H-pyrrole nitrogens is 1. The second kappa shape index (κ2) is 4.35. The smallest absolute Gasteiger partial charge is 0.260 e. The van der Waals surface area contributed by atoms with Crippen molar-refractivity contribution in [2.75, 3.05) is 13.1 Å². The van der Waals surface area contributed by atoms with Gasteiger partial charge in [0.1, 0.15) is 5.82 Å². The van der Waals surface area contributed by atoms with Gasteiger partial charge >= 0.3 is 0 Å². The highest BCUT2D eigenvalue weighted by molar-refractivity contribution is 7.89. The molecule has 1 aliphatic heterocycles. The minimum atomic E-state index is -3.41. The van der Waals surface area contributed by atoms with Crippen LogP contribution in [0.25, 0.3) is 0 Å². The summed E-state index contributed by atoms with van der Waals surface area (Å²) in [5, 5.41) is 0.257. The number of aryl methyl sites for hydroxylation is 1. The van der Waals surface area contributed by atoms with Gasteiger partial charge in [0.2, 0.25) is 0 Å². The fraction of sp³-hybridized carbons (Fsp3) is 0.667. The van der Waals surface area contributed by atoms with Gasteiger partial charge in [-0.25, -0.2) is 13.4 Å². The summed E-state index contributed by atoms with van der Waals surface area (Å²) in [5.74, 6) is 0.603. The largest absolute Gasteiger partial charge is 0.332 e. The van der Waals surface area contributed by atoms with Crippen molar-refractivity contribution in [1.29, 1.82) is 0 Å². The highest BCUT2D eigenvalue weighted by Crippen LogP contribution is 2.21. The number of imidazole rings is 1. The second-order valence-corrected chi connectivity index (χ2v) is 6.44. The van der Waals surface area contributed by atoms with Crippen molar-refractivity contribution < 1.29 is 8.42 Å². The lowest BCUT2D eigenvalue weighted by atomic mass is 10.2. The van der Waals surface area contributed by atoms with Gasteiger partial charge in [-0.1, -0.05) is 0 Å². The number of piperidine rings is 1. The van der Waals surface area contributed by atoms with E-state index in [4.69, 9.17) is 11.6 Å². The predicted octanol–water partition coefficient (Wildman–Crippen LogP) is 1.11. The molecule has 16 heavy (non-hydrogen) atoms. The van der Waals surface area contributed by atoms with Gasteiger partial charge in [-0.3, -0.25) is 0 Å². The topological polar surface area (TPSA) is 66.1 Å². The molecule has 1 aromatic heterocycles. The lowest BCUT2D eigenvalue weighted by Gasteiger charge is -2.27. The molecule has 0 amide bonds. The van der Waals surface area contributed by atoms with Crippen molar-refractivity contribution in [2.45, 2.75) is 30.2 Å². The summed E-state index contributed by atoms with van der Waals surface area (Å²) < 4.78 is 25.7. The molecule has 0 saturated carbocycles. The Kier molecular flexibility index (Phi) is 3.23. The summed E-state index contributed by atoms with van der Waals surface area (Å²) >= 11 is 5.94. The molecule has 0 bridgehead atoms. The number of sulfonamides is 1. The minimum absolute atomic E-state index is 0.0925. The molecular weight excluding hydrogens is 250 g/mol. The fourth-order valence-corrected chi connectivity index (χ4v) is 3.36. The third kappa shape index (κ3) is 2.23. The number of rotatable bonds is 2. The van der Waals surface area contributed by atoms with E-state index in [9.17, 15) is 8.42 Å². The zero-order chi connectivity index (χ0) is 11.8. The molecule has 1 aliphatic rings. The van der Waals surface area contributed by atoms with Crippen LogP contribution in [0.15, 0.2) is 11.2 Å². The fourth-order valence-electron chi connectivity index (χ4n) is 1.73. The number of aromatic amines is 1. The summed E-state index contributed by atoms with van der Waals surface area (Å²) in [7, 11) is -3.41. The number of nitrogens with zero attached hydrogens (tertiary/aromatic N) is 2. The van der Waals surface area contributed by atoms with Gasteiger partial charge in [-0.2, -0.15) is 4.31 Å². The molecule has 0 aromatic carbocycles. The Balaban J connectivity index is 2.20. The van der Waals surface area contributed by atoms with Crippen LogP contribution in [0.1, 0.15) is 18.7 Å². The van der Waals surface area contributed by atoms with Crippen LogP contribution >= 0.6 is 11.6 Å². The van der Waals surface area contributed by atoms with Gasteiger partial charge in [0, 0.05) is 18.5 Å². The first-order chi connectivity index (χ1) is 7.50. The Morgan fingerprint density at radius 2 is 2.12 bits per heavy atom. The Morgan fingerprint density at radius 3 is 2.62 bits per heavy atom. The highest BCUT2D eigenvalue weighted by Gasteiger charge is 2.29. The maximum Gasteiger partial charge on any atom is 0.260 e. The first kappa shape index (κ1) is 11.9. The molecule has 0 atom stereocenters.